The number of alkyl halides is 2. The van der Waals surface area contributed by atoms with Crippen LogP contribution < -0.4 is 5.32 Å². The van der Waals surface area contributed by atoms with Crippen LogP contribution in [0.25, 0.3) is 0 Å². The minimum absolute atomic E-state index is 0.123. The Balaban J connectivity index is 2.21. The lowest BCUT2D eigenvalue weighted by Gasteiger charge is -2.13. The highest BCUT2D eigenvalue weighted by Crippen LogP contribution is 2.30. The maximum Gasteiger partial charge on any atom is 0.283 e. The molecule has 0 saturated carbocycles. The molecule has 2 rings (SSSR count). The largest absolute Gasteiger partial charge is 0.307 e. The molecule has 2 aromatic heterocycles. The number of carbonyl (C=O) groups is 1. The molecule has 114 valence electrons. The minimum Gasteiger partial charge on any atom is -0.307 e. The van der Waals surface area contributed by atoms with E-state index in [1.165, 1.54) is 16.3 Å². The van der Waals surface area contributed by atoms with Gasteiger partial charge in [-0.25, -0.2) is 8.78 Å². The Morgan fingerprint density at radius 2 is 2.10 bits per heavy atom. The molecule has 0 aromatic carbocycles. The molecule has 0 aliphatic rings. The molecule has 0 aliphatic carbocycles. The average molecular weight is 318 g/mol. The third-order valence-electron chi connectivity index (χ3n) is 3.02. The third-order valence-corrected chi connectivity index (χ3v) is 3.49. The van der Waals surface area contributed by atoms with Gasteiger partial charge in [-0.15, -0.1) is 0 Å². The fraction of sp³-hybridized carbons (Fsp3) is 0.417. The van der Waals surface area contributed by atoms with E-state index < -0.39 is 24.1 Å². The Hall–Kier alpha value is -1.96. The molecule has 1 atom stereocenters. The molecule has 9 heteroatoms. The first kappa shape index (κ1) is 15.4. The first-order chi connectivity index (χ1) is 9.81. The maximum atomic E-state index is 12.8. The number of rotatable bonds is 4. The van der Waals surface area contributed by atoms with Crippen LogP contribution in [0.4, 0.5) is 14.6 Å². The quantitative estimate of drug-likeness (QED) is 0.943. The monoisotopic (exact) mass is 317 g/mol. The molecule has 0 spiro atoms. The number of nitrogens with one attached hydrogen (secondary N) is 1. The summed E-state index contributed by atoms with van der Waals surface area (Å²) >= 11 is 5.81. The average Bonchev–Trinajstić information content (AvgIpc) is 2.94. The highest BCUT2D eigenvalue weighted by atomic mass is 35.5. The van der Waals surface area contributed by atoms with Crippen LogP contribution >= 0.6 is 11.6 Å². The summed E-state index contributed by atoms with van der Waals surface area (Å²) in [5.41, 5.74) is -0.206. The van der Waals surface area contributed by atoms with E-state index in [4.69, 9.17) is 11.6 Å². The number of anilines is 1. The number of hydrogen-bond acceptors (Lipinski definition) is 3. The van der Waals surface area contributed by atoms with Gasteiger partial charge >= 0.3 is 0 Å². The Morgan fingerprint density at radius 1 is 1.43 bits per heavy atom. The van der Waals surface area contributed by atoms with Crippen LogP contribution in [0.15, 0.2) is 12.3 Å². The summed E-state index contributed by atoms with van der Waals surface area (Å²) in [7, 11) is 1.71. The van der Waals surface area contributed by atoms with Gasteiger partial charge in [-0.3, -0.25) is 14.2 Å². The van der Waals surface area contributed by atoms with Crippen molar-refractivity contribution in [1.82, 2.24) is 19.6 Å². The second kappa shape index (κ2) is 5.80. The van der Waals surface area contributed by atoms with Crippen LogP contribution in [0.3, 0.4) is 0 Å². The van der Waals surface area contributed by atoms with Gasteiger partial charge in [0.1, 0.15) is 11.7 Å². The Kier molecular flexibility index (Phi) is 4.26. The topological polar surface area (TPSA) is 64.7 Å². The van der Waals surface area contributed by atoms with E-state index in [2.05, 4.69) is 15.5 Å². The lowest BCUT2D eigenvalue weighted by Crippen LogP contribution is -2.25. The summed E-state index contributed by atoms with van der Waals surface area (Å²) in [5, 5.41) is 10.2. The molecule has 6 nitrogen and oxygen atoms in total. The molecule has 0 aliphatic heterocycles. The number of hydrogen-bond donors (Lipinski definition) is 1. The molecule has 1 unspecified atom stereocenters. The van der Waals surface area contributed by atoms with Crippen LogP contribution in [0.2, 0.25) is 5.02 Å². The number of aryl methyl sites for hydroxylation is 1. The first-order valence-electron chi connectivity index (χ1n) is 6.14. The smallest absolute Gasteiger partial charge is 0.283 e. The molecule has 1 N–H and O–H groups in total. The molecule has 0 saturated heterocycles. The molecule has 0 radical (unpaired) electrons. The van der Waals surface area contributed by atoms with Gasteiger partial charge in [0.15, 0.2) is 5.82 Å². The van der Waals surface area contributed by atoms with Crippen molar-refractivity contribution in [1.29, 1.82) is 0 Å². The van der Waals surface area contributed by atoms with Crippen LogP contribution in [-0.4, -0.2) is 25.5 Å². The maximum absolute atomic E-state index is 12.8. The Morgan fingerprint density at radius 3 is 2.57 bits per heavy atom. The number of nitrogens with zero attached hydrogens (tertiary/aromatic N) is 4. The number of amides is 1. The molecule has 21 heavy (non-hydrogen) atoms. The summed E-state index contributed by atoms with van der Waals surface area (Å²) in [6.45, 7) is 3.08. The number of aromatic nitrogens is 4. The zero-order valence-corrected chi connectivity index (χ0v) is 12.4. The zero-order valence-electron chi connectivity index (χ0n) is 11.6. The predicted molar refractivity (Wildman–Crippen MR) is 73.5 cm³/mol. The fourth-order valence-corrected chi connectivity index (χ4v) is 2.07. The van der Waals surface area contributed by atoms with Gasteiger partial charge in [0.05, 0.1) is 10.7 Å². The number of halogens is 3. The molecule has 2 heterocycles. The van der Waals surface area contributed by atoms with Gasteiger partial charge in [0.25, 0.3) is 6.43 Å². The van der Waals surface area contributed by atoms with Crippen molar-refractivity contribution in [2.45, 2.75) is 26.3 Å². The number of carbonyl (C=O) groups excluding carboxylic acids is 1. The van der Waals surface area contributed by atoms with E-state index in [9.17, 15) is 13.6 Å². The van der Waals surface area contributed by atoms with Crippen LogP contribution in [0, 0.1) is 6.92 Å². The normalized spacial score (nSPS) is 12.7. The van der Waals surface area contributed by atoms with Crippen molar-refractivity contribution in [3.63, 3.8) is 0 Å². The summed E-state index contributed by atoms with van der Waals surface area (Å²) in [6, 6.07) is 0.829. The Labute approximate surface area is 124 Å². The molecular formula is C12H14ClF2N5O. The van der Waals surface area contributed by atoms with Crippen molar-refractivity contribution in [2.75, 3.05) is 5.32 Å². The van der Waals surface area contributed by atoms with E-state index in [0.717, 1.165) is 0 Å². The Bertz CT molecular complexity index is 667. The molecular weight excluding hydrogens is 304 g/mol. The van der Waals surface area contributed by atoms with Gasteiger partial charge in [-0.2, -0.15) is 10.2 Å². The second-order valence-electron chi connectivity index (χ2n) is 4.57. The van der Waals surface area contributed by atoms with E-state index in [1.54, 1.807) is 26.2 Å². The molecule has 0 fully saturated rings. The first-order valence-corrected chi connectivity index (χ1v) is 6.52. The second-order valence-corrected chi connectivity index (χ2v) is 4.95. The molecule has 2 aromatic rings. The highest BCUT2D eigenvalue weighted by molar-refractivity contribution is 6.31. The van der Waals surface area contributed by atoms with Gasteiger partial charge in [0.2, 0.25) is 5.91 Å². The lowest BCUT2D eigenvalue weighted by molar-refractivity contribution is -0.119. The lowest BCUT2D eigenvalue weighted by atomic mass is 10.3. The van der Waals surface area contributed by atoms with Crippen molar-refractivity contribution >= 4 is 23.3 Å². The summed E-state index contributed by atoms with van der Waals surface area (Å²) in [5.74, 6) is -0.0453. The van der Waals surface area contributed by atoms with Crippen LogP contribution in [0.1, 0.15) is 30.8 Å². The highest BCUT2D eigenvalue weighted by Gasteiger charge is 2.25. The van der Waals surface area contributed by atoms with Crippen molar-refractivity contribution in [3.05, 3.63) is 28.7 Å². The summed E-state index contributed by atoms with van der Waals surface area (Å²) < 4.78 is 28.2. The van der Waals surface area contributed by atoms with E-state index >= 15 is 0 Å². The van der Waals surface area contributed by atoms with Gasteiger partial charge in [0, 0.05) is 19.3 Å². The van der Waals surface area contributed by atoms with Crippen molar-refractivity contribution in [3.8, 4) is 0 Å². The van der Waals surface area contributed by atoms with Crippen LogP contribution in [-0.2, 0) is 11.8 Å². The molecule has 1 amide bonds. The molecule has 0 bridgehead atoms. The van der Waals surface area contributed by atoms with Gasteiger partial charge in [-0.05, 0) is 13.8 Å². The van der Waals surface area contributed by atoms with Crippen molar-refractivity contribution < 1.29 is 13.6 Å². The van der Waals surface area contributed by atoms with Gasteiger partial charge < -0.3 is 5.32 Å². The predicted octanol–water partition coefficient (Wildman–Crippen LogP) is 2.72. The van der Waals surface area contributed by atoms with E-state index in [0.29, 0.717) is 11.5 Å². The van der Waals surface area contributed by atoms with E-state index in [-0.39, 0.29) is 5.02 Å². The fourth-order valence-electron chi connectivity index (χ4n) is 1.86. The van der Waals surface area contributed by atoms with Gasteiger partial charge in [-0.1, -0.05) is 11.6 Å². The standard InChI is InChI=1S/C12H14ClF2N5O/c1-6-9(13)10(11(14)15)18-20(6)7(2)12(21)16-8-4-5-19(3)17-8/h4-5,7,11H,1-3H3,(H,16,17,21). The third kappa shape index (κ3) is 3.05. The van der Waals surface area contributed by atoms with E-state index in [1.807, 2.05) is 0 Å². The minimum atomic E-state index is -2.79. The van der Waals surface area contributed by atoms with Crippen molar-refractivity contribution in [2.24, 2.45) is 7.05 Å². The summed E-state index contributed by atoms with van der Waals surface area (Å²) in [4.78, 5) is 12.1. The SMILES string of the molecule is Cc1c(Cl)c(C(F)F)nn1C(C)C(=O)Nc1ccn(C)n1. The zero-order chi connectivity index (χ0) is 15.7. The van der Waals surface area contributed by atoms with Crippen LogP contribution in [0.5, 0.6) is 0 Å². The summed E-state index contributed by atoms with van der Waals surface area (Å²) in [6.07, 6.45) is -1.12.